The number of hydrogen-bond donors (Lipinski definition) is 1. The van der Waals surface area contributed by atoms with E-state index in [2.05, 4.69) is 10.5 Å². The van der Waals surface area contributed by atoms with E-state index >= 15 is 0 Å². The molecule has 9 nitrogen and oxygen atoms in total. The Bertz CT molecular complexity index is 1000. The second-order valence-electron chi connectivity index (χ2n) is 6.59. The predicted octanol–water partition coefficient (Wildman–Crippen LogP) is 1.69. The van der Waals surface area contributed by atoms with Gasteiger partial charge in [-0.15, -0.1) is 0 Å². The summed E-state index contributed by atoms with van der Waals surface area (Å²) in [7, 11) is 3.07. The van der Waals surface area contributed by atoms with Crippen molar-refractivity contribution in [2.24, 2.45) is 5.10 Å². The summed E-state index contributed by atoms with van der Waals surface area (Å²) in [5, 5.41) is 3.90. The van der Waals surface area contributed by atoms with E-state index in [0.717, 1.165) is 21.8 Å². The largest absolute Gasteiger partial charge is 0.493 e. The summed E-state index contributed by atoms with van der Waals surface area (Å²) < 4.78 is 35.8. The molecule has 10 heteroatoms. The number of anilines is 2. The van der Waals surface area contributed by atoms with Gasteiger partial charge < -0.3 is 14.4 Å². The van der Waals surface area contributed by atoms with Crippen LogP contribution >= 0.6 is 0 Å². The van der Waals surface area contributed by atoms with Crippen molar-refractivity contribution in [1.82, 2.24) is 5.43 Å². The molecular weight excluding hydrogens is 408 g/mol. The van der Waals surface area contributed by atoms with Crippen molar-refractivity contribution in [1.29, 1.82) is 0 Å². The van der Waals surface area contributed by atoms with Gasteiger partial charge >= 0.3 is 0 Å². The van der Waals surface area contributed by atoms with E-state index in [1.807, 2.05) is 43.3 Å². The molecule has 0 aliphatic carbocycles. The van der Waals surface area contributed by atoms with E-state index in [0.29, 0.717) is 11.5 Å². The molecule has 0 aliphatic heterocycles. The summed E-state index contributed by atoms with van der Waals surface area (Å²) in [6.07, 6.45) is 2.51. The van der Waals surface area contributed by atoms with Crippen LogP contribution in [0.5, 0.6) is 11.5 Å². The fraction of sp³-hybridized carbons (Fsp3) is 0.300. The monoisotopic (exact) mass is 434 g/mol. The Morgan fingerprint density at radius 2 is 1.63 bits per heavy atom. The maximum atomic E-state index is 12.3. The molecule has 2 rings (SSSR count). The van der Waals surface area contributed by atoms with Gasteiger partial charge in [0.15, 0.2) is 11.5 Å². The van der Waals surface area contributed by atoms with Crippen molar-refractivity contribution >= 4 is 33.5 Å². The molecule has 0 fully saturated rings. The summed E-state index contributed by atoms with van der Waals surface area (Å²) in [5.41, 5.74) is 4.45. The van der Waals surface area contributed by atoms with Gasteiger partial charge in [-0.25, -0.2) is 13.8 Å². The molecule has 0 saturated carbocycles. The van der Waals surface area contributed by atoms with Crippen LogP contribution in [0.3, 0.4) is 0 Å². The van der Waals surface area contributed by atoms with Crippen LogP contribution in [0.15, 0.2) is 47.6 Å². The normalized spacial score (nSPS) is 11.2. The van der Waals surface area contributed by atoms with Crippen molar-refractivity contribution in [3.63, 3.8) is 0 Å². The van der Waals surface area contributed by atoms with Crippen LogP contribution in [0.25, 0.3) is 0 Å². The first-order valence-electron chi connectivity index (χ1n) is 8.94. The average Bonchev–Trinajstić information content (AvgIpc) is 2.71. The molecule has 162 valence electrons. The van der Waals surface area contributed by atoms with Crippen molar-refractivity contribution in [3.8, 4) is 11.5 Å². The molecule has 0 saturated heterocycles. The molecule has 0 radical (unpaired) electrons. The lowest BCUT2D eigenvalue weighted by molar-refractivity contribution is -0.119. The predicted molar refractivity (Wildman–Crippen MR) is 118 cm³/mol. The maximum absolute atomic E-state index is 12.3. The SMILES string of the molecule is COc1ccc(N(CC(=O)N/N=C\c2ccc(N(C)C)cc2)S(C)(=O)=O)cc1OC. The molecule has 1 N–H and O–H groups in total. The van der Waals surface area contributed by atoms with Crippen LogP contribution in [0, 0.1) is 0 Å². The van der Waals surface area contributed by atoms with Gasteiger partial charge in [0, 0.05) is 25.8 Å². The molecular formula is C20H26N4O5S. The molecule has 2 aromatic rings. The third-order valence-electron chi connectivity index (χ3n) is 4.16. The average molecular weight is 435 g/mol. The second kappa shape index (κ2) is 9.97. The molecule has 0 unspecified atom stereocenters. The van der Waals surface area contributed by atoms with Crippen molar-refractivity contribution in [3.05, 3.63) is 48.0 Å². The first-order chi connectivity index (χ1) is 14.2. The zero-order chi connectivity index (χ0) is 22.3. The highest BCUT2D eigenvalue weighted by atomic mass is 32.2. The third kappa shape index (κ3) is 6.11. The Morgan fingerprint density at radius 1 is 1.03 bits per heavy atom. The van der Waals surface area contributed by atoms with Gasteiger partial charge in [-0.3, -0.25) is 9.10 Å². The summed E-state index contributed by atoms with van der Waals surface area (Å²) in [6.45, 7) is -0.439. The Balaban J connectivity index is 2.11. The number of amides is 1. The van der Waals surface area contributed by atoms with Crippen LogP contribution < -0.4 is 24.1 Å². The van der Waals surface area contributed by atoms with Crippen molar-refractivity contribution in [2.75, 3.05) is 50.3 Å². The van der Waals surface area contributed by atoms with Gasteiger partial charge in [0.1, 0.15) is 6.54 Å². The molecule has 30 heavy (non-hydrogen) atoms. The van der Waals surface area contributed by atoms with Crippen molar-refractivity contribution in [2.45, 2.75) is 0 Å². The maximum Gasteiger partial charge on any atom is 0.260 e. The minimum absolute atomic E-state index is 0.272. The van der Waals surface area contributed by atoms with Gasteiger partial charge in [-0.1, -0.05) is 12.1 Å². The van der Waals surface area contributed by atoms with Crippen molar-refractivity contribution < 1.29 is 22.7 Å². The number of methoxy groups -OCH3 is 2. The number of carbonyl (C=O) groups excluding carboxylic acids is 1. The van der Waals surface area contributed by atoms with Gasteiger partial charge in [-0.05, 0) is 29.8 Å². The number of nitrogens with zero attached hydrogens (tertiary/aromatic N) is 3. The Hall–Kier alpha value is -3.27. The highest BCUT2D eigenvalue weighted by molar-refractivity contribution is 7.92. The first kappa shape index (κ1) is 23.0. The third-order valence-corrected chi connectivity index (χ3v) is 5.30. The number of sulfonamides is 1. The lowest BCUT2D eigenvalue weighted by Gasteiger charge is -2.22. The highest BCUT2D eigenvalue weighted by Crippen LogP contribution is 2.32. The zero-order valence-electron chi connectivity index (χ0n) is 17.6. The number of hydrazone groups is 1. The summed E-state index contributed by atoms with van der Waals surface area (Å²) in [6, 6.07) is 12.2. The van der Waals surface area contributed by atoms with Crippen LogP contribution in [0.1, 0.15) is 5.56 Å². The molecule has 1 amide bonds. The Labute approximate surface area is 176 Å². The van der Waals surface area contributed by atoms with Gasteiger partial charge in [0.25, 0.3) is 5.91 Å². The fourth-order valence-electron chi connectivity index (χ4n) is 2.58. The van der Waals surface area contributed by atoms with E-state index in [4.69, 9.17) is 9.47 Å². The Kier molecular flexibility index (Phi) is 7.65. The van der Waals surface area contributed by atoms with E-state index in [1.165, 1.54) is 32.6 Å². The number of benzene rings is 2. The number of ether oxygens (including phenoxy) is 2. The quantitative estimate of drug-likeness (QED) is 0.476. The van der Waals surface area contributed by atoms with E-state index < -0.39 is 22.5 Å². The number of carbonyl (C=O) groups is 1. The van der Waals surface area contributed by atoms with Gasteiger partial charge in [-0.2, -0.15) is 5.10 Å². The van der Waals surface area contributed by atoms with Crippen LogP contribution in [-0.4, -0.2) is 61.7 Å². The first-order valence-corrected chi connectivity index (χ1v) is 10.8. The molecule has 0 aromatic heterocycles. The number of hydrogen-bond acceptors (Lipinski definition) is 7. The molecule has 0 atom stereocenters. The van der Waals surface area contributed by atoms with Crippen LogP contribution in [0.4, 0.5) is 11.4 Å². The summed E-state index contributed by atoms with van der Waals surface area (Å²) in [5.74, 6) is 0.212. The number of rotatable bonds is 9. The van der Waals surface area contributed by atoms with E-state index in [9.17, 15) is 13.2 Å². The summed E-state index contributed by atoms with van der Waals surface area (Å²) in [4.78, 5) is 14.3. The lowest BCUT2D eigenvalue weighted by Crippen LogP contribution is -2.39. The smallest absolute Gasteiger partial charge is 0.260 e. The highest BCUT2D eigenvalue weighted by Gasteiger charge is 2.22. The summed E-state index contributed by atoms with van der Waals surface area (Å²) >= 11 is 0. The second-order valence-corrected chi connectivity index (χ2v) is 8.49. The van der Waals surface area contributed by atoms with Crippen LogP contribution in [0.2, 0.25) is 0 Å². The standard InChI is InChI=1S/C20H26N4O5S/c1-23(2)16-8-6-15(7-9-16)13-21-22-20(25)14-24(30(5,26)27)17-10-11-18(28-3)19(12-17)29-4/h6-13H,14H2,1-5H3,(H,22,25)/b21-13-. The van der Waals surface area contributed by atoms with Gasteiger partial charge in [0.05, 0.1) is 32.4 Å². The van der Waals surface area contributed by atoms with E-state index in [1.54, 1.807) is 6.07 Å². The lowest BCUT2D eigenvalue weighted by atomic mass is 10.2. The molecule has 0 heterocycles. The van der Waals surface area contributed by atoms with Crippen LogP contribution in [-0.2, 0) is 14.8 Å². The molecule has 0 aliphatic rings. The number of nitrogens with one attached hydrogen (secondary N) is 1. The molecule has 2 aromatic carbocycles. The minimum Gasteiger partial charge on any atom is -0.493 e. The Morgan fingerprint density at radius 3 is 2.17 bits per heavy atom. The zero-order valence-corrected chi connectivity index (χ0v) is 18.4. The topological polar surface area (TPSA) is 101 Å². The van der Waals surface area contributed by atoms with E-state index in [-0.39, 0.29) is 5.69 Å². The fourth-order valence-corrected chi connectivity index (χ4v) is 3.43. The van der Waals surface area contributed by atoms with Gasteiger partial charge in [0.2, 0.25) is 10.0 Å². The molecule has 0 bridgehead atoms. The minimum atomic E-state index is -3.73. The molecule has 0 spiro atoms.